The number of carbonyl (C=O) groups is 1. The van der Waals surface area contributed by atoms with E-state index >= 15 is 0 Å². The first kappa shape index (κ1) is 12.2. The molecule has 0 bridgehead atoms. The van der Waals surface area contributed by atoms with E-state index in [0.29, 0.717) is 23.7 Å². The number of rotatable bonds is 0. The second-order valence-corrected chi connectivity index (χ2v) is 5.80. The number of ether oxygens (including phenoxy) is 1. The van der Waals surface area contributed by atoms with Crippen molar-refractivity contribution in [3.63, 3.8) is 0 Å². The molecule has 2 rings (SSSR count). The van der Waals surface area contributed by atoms with Crippen LogP contribution in [0.1, 0.15) is 13.8 Å². The molecule has 92 valence electrons. The fourth-order valence-corrected chi connectivity index (χ4v) is 2.35. The van der Waals surface area contributed by atoms with Crippen molar-refractivity contribution in [2.24, 2.45) is 5.41 Å². The Morgan fingerprint density at radius 1 is 1.47 bits per heavy atom. The highest BCUT2D eigenvalue weighted by Crippen LogP contribution is 2.41. The maximum atomic E-state index is 12.2. The van der Waals surface area contributed by atoms with Gasteiger partial charge in [-0.2, -0.15) is 0 Å². The van der Waals surface area contributed by atoms with Gasteiger partial charge in [0.05, 0.1) is 16.8 Å². The molecule has 0 spiro atoms. The first-order chi connectivity index (χ1) is 7.83. The highest BCUT2D eigenvalue weighted by molar-refractivity contribution is 9.10. The summed E-state index contributed by atoms with van der Waals surface area (Å²) in [5, 5.41) is 0. The number of nitrogens with two attached hydrogens (primary N) is 1. The van der Waals surface area contributed by atoms with Crippen LogP contribution in [-0.4, -0.2) is 19.6 Å². The highest BCUT2D eigenvalue weighted by Gasteiger charge is 2.36. The van der Waals surface area contributed by atoms with Crippen LogP contribution < -0.4 is 15.4 Å². The maximum absolute atomic E-state index is 12.2. The number of carbonyl (C=O) groups excluding carboxylic acids is 1. The van der Waals surface area contributed by atoms with Crippen LogP contribution in [0.15, 0.2) is 16.6 Å². The second kappa shape index (κ2) is 3.91. The topological polar surface area (TPSA) is 55.6 Å². The van der Waals surface area contributed by atoms with Crippen molar-refractivity contribution in [1.82, 2.24) is 0 Å². The van der Waals surface area contributed by atoms with E-state index < -0.39 is 5.41 Å². The van der Waals surface area contributed by atoms with Crippen LogP contribution in [-0.2, 0) is 4.79 Å². The number of anilines is 2. The number of nitrogen functional groups attached to an aromatic ring is 1. The van der Waals surface area contributed by atoms with Crippen LogP contribution in [0.2, 0.25) is 0 Å². The monoisotopic (exact) mass is 298 g/mol. The Balaban J connectivity index is 2.59. The van der Waals surface area contributed by atoms with Crippen LogP contribution >= 0.6 is 15.9 Å². The first-order valence-corrected chi connectivity index (χ1v) is 6.12. The molecular weight excluding hydrogens is 284 g/mol. The van der Waals surface area contributed by atoms with Gasteiger partial charge in [0.15, 0.2) is 5.75 Å². The van der Waals surface area contributed by atoms with E-state index in [4.69, 9.17) is 10.5 Å². The summed E-state index contributed by atoms with van der Waals surface area (Å²) in [6.45, 7) is 4.06. The van der Waals surface area contributed by atoms with Crippen molar-refractivity contribution in [2.45, 2.75) is 13.8 Å². The first-order valence-electron chi connectivity index (χ1n) is 5.33. The molecular formula is C12H15BrN2O2. The molecule has 1 aliphatic heterocycles. The smallest absolute Gasteiger partial charge is 0.235 e. The second-order valence-electron chi connectivity index (χ2n) is 4.88. The zero-order valence-electron chi connectivity index (χ0n) is 10.1. The Labute approximate surface area is 109 Å². The molecule has 5 heteroatoms. The number of nitrogens with zero attached hydrogens (tertiary/aromatic N) is 1. The summed E-state index contributed by atoms with van der Waals surface area (Å²) in [7, 11) is 1.74. The Kier molecular flexibility index (Phi) is 2.81. The average molecular weight is 299 g/mol. The van der Waals surface area contributed by atoms with Gasteiger partial charge < -0.3 is 15.4 Å². The minimum atomic E-state index is -0.549. The average Bonchev–Trinajstić information content (AvgIpc) is 2.31. The predicted molar refractivity (Wildman–Crippen MR) is 71.2 cm³/mol. The molecule has 2 N–H and O–H groups in total. The van der Waals surface area contributed by atoms with Gasteiger partial charge in [0.2, 0.25) is 5.91 Å². The summed E-state index contributed by atoms with van der Waals surface area (Å²) in [6.07, 6.45) is 0. The van der Waals surface area contributed by atoms with E-state index in [-0.39, 0.29) is 5.91 Å². The van der Waals surface area contributed by atoms with Crippen LogP contribution in [0.3, 0.4) is 0 Å². The fourth-order valence-electron chi connectivity index (χ4n) is 1.88. The largest absolute Gasteiger partial charge is 0.488 e. The molecule has 0 fully saturated rings. The van der Waals surface area contributed by atoms with E-state index in [1.54, 1.807) is 18.0 Å². The molecule has 1 aromatic carbocycles. The normalized spacial score (nSPS) is 18.4. The number of hydrogen-bond acceptors (Lipinski definition) is 3. The Bertz CT molecular complexity index is 486. The van der Waals surface area contributed by atoms with Gasteiger partial charge in [0.1, 0.15) is 6.61 Å². The molecule has 0 radical (unpaired) electrons. The van der Waals surface area contributed by atoms with Crippen molar-refractivity contribution >= 4 is 33.2 Å². The molecule has 4 nitrogen and oxygen atoms in total. The zero-order chi connectivity index (χ0) is 12.8. The molecule has 1 amide bonds. The zero-order valence-corrected chi connectivity index (χ0v) is 11.7. The third kappa shape index (κ3) is 1.99. The molecule has 0 unspecified atom stereocenters. The summed E-state index contributed by atoms with van der Waals surface area (Å²) in [6, 6.07) is 3.61. The van der Waals surface area contributed by atoms with Crippen LogP contribution in [0.5, 0.6) is 5.75 Å². The summed E-state index contributed by atoms with van der Waals surface area (Å²) >= 11 is 3.37. The van der Waals surface area contributed by atoms with Gasteiger partial charge >= 0.3 is 0 Å². The van der Waals surface area contributed by atoms with Crippen molar-refractivity contribution in [1.29, 1.82) is 0 Å². The van der Waals surface area contributed by atoms with E-state index in [2.05, 4.69) is 15.9 Å². The highest BCUT2D eigenvalue weighted by atomic mass is 79.9. The molecule has 0 saturated carbocycles. The summed E-state index contributed by atoms with van der Waals surface area (Å²) in [4.78, 5) is 13.8. The molecule has 0 aliphatic carbocycles. The van der Waals surface area contributed by atoms with Crippen molar-refractivity contribution < 1.29 is 9.53 Å². The number of halogens is 1. The van der Waals surface area contributed by atoms with Crippen molar-refractivity contribution in [3.05, 3.63) is 16.6 Å². The number of hydrogen-bond donors (Lipinski definition) is 1. The van der Waals surface area contributed by atoms with Gasteiger partial charge in [0.25, 0.3) is 0 Å². The van der Waals surface area contributed by atoms with Crippen molar-refractivity contribution in [3.8, 4) is 5.75 Å². The standard InChI is InChI=1S/C12H15BrN2O2/c1-12(2)6-17-10-8(14)4-7(13)5-9(10)15(3)11(12)16/h4-5H,6,14H2,1-3H3. The van der Waals surface area contributed by atoms with Gasteiger partial charge in [-0.25, -0.2) is 0 Å². The molecule has 0 saturated heterocycles. The van der Waals surface area contributed by atoms with Crippen LogP contribution in [0, 0.1) is 5.41 Å². The molecule has 17 heavy (non-hydrogen) atoms. The van der Waals surface area contributed by atoms with E-state index in [1.165, 1.54) is 0 Å². The lowest BCUT2D eigenvalue weighted by Crippen LogP contribution is -2.39. The van der Waals surface area contributed by atoms with Gasteiger partial charge in [-0.1, -0.05) is 15.9 Å². The lowest BCUT2D eigenvalue weighted by molar-refractivity contribution is -0.127. The Morgan fingerprint density at radius 2 is 2.12 bits per heavy atom. The predicted octanol–water partition coefficient (Wildman–Crippen LogP) is 2.41. The third-order valence-corrected chi connectivity index (χ3v) is 3.34. The SMILES string of the molecule is CN1C(=O)C(C)(C)COc2c(N)cc(Br)cc21. The lowest BCUT2D eigenvalue weighted by Gasteiger charge is -2.24. The quantitative estimate of drug-likeness (QED) is 0.748. The fraction of sp³-hybridized carbons (Fsp3) is 0.417. The van der Waals surface area contributed by atoms with Gasteiger partial charge in [-0.05, 0) is 26.0 Å². The van der Waals surface area contributed by atoms with Gasteiger partial charge in [-0.3, -0.25) is 4.79 Å². The number of benzene rings is 1. The number of amides is 1. The Hall–Kier alpha value is -1.23. The van der Waals surface area contributed by atoms with Crippen LogP contribution in [0.25, 0.3) is 0 Å². The van der Waals surface area contributed by atoms with Crippen molar-refractivity contribution in [2.75, 3.05) is 24.3 Å². The summed E-state index contributed by atoms with van der Waals surface area (Å²) in [5.41, 5.74) is 6.60. The minimum absolute atomic E-state index is 0.0220. The minimum Gasteiger partial charge on any atom is -0.488 e. The van der Waals surface area contributed by atoms with E-state index in [9.17, 15) is 4.79 Å². The molecule has 0 atom stereocenters. The molecule has 1 heterocycles. The molecule has 0 aromatic heterocycles. The van der Waals surface area contributed by atoms with Gasteiger partial charge in [0, 0.05) is 11.5 Å². The third-order valence-electron chi connectivity index (χ3n) is 2.89. The summed E-state index contributed by atoms with van der Waals surface area (Å²) < 4.78 is 6.51. The van der Waals surface area contributed by atoms with E-state index in [1.807, 2.05) is 19.9 Å². The number of fused-ring (bicyclic) bond motifs is 1. The Morgan fingerprint density at radius 3 is 2.76 bits per heavy atom. The maximum Gasteiger partial charge on any atom is 0.235 e. The molecule has 1 aliphatic rings. The van der Waals surface area contributed by atoms with Crippen LogP contribution in [0.4, 0.5) is 11.4 Å². The summed E-state index contributed by atoms with van der Waals surface area (Å²) in [5.74, 6) is 0.600. The molecule has 1 aromatic rings. The van der Waals surface area contributed by atoms with E-state index in [0.717, 1.165) is 4.47 Å². The van der Waals surface area contributed by atoms with Gasteiger partial charge in [-0.15, -0.1) is 0 Å². The lowest BCUT2D eigenvalue weighted by atomic mass is 9.93.